The molecule has 0 atom stereocenters. The average molecular weight is 885 g/mol. The summed E-state index contributed by atoms with van der Waals surface area (Å²) in [5, 5.41) is 9.36. The zero-order valence-corrected chi connectivity index (χ0v) is 38.2. The summed E-state index contributed by atoms with van der Waals surface area (Å²) in [6.45, 7) is 4.77. The molecule has 0 bridgehead atoms. The van der Waals surface area contributed by atoms with Crippen LogP contribution in [-0.2, 0) is 5.41 Å². The van der Waals surface area contributed by atoms with E-state index >= 15 is 0 Å². The summed E-state index contributed by atoms with van der Waals surface area (Å²) in [7, 11) is 0. The molecule has 13 aromatic rings. The van der Waals surface area contributed by atoms with Crippen LogP contribution in [0.5, 0.6) is 0 Å². The van der Waals surface area contributed by atoms with Crippen LogP contribution in [0.25, 0.3) is 87.7 Å². The first kappa shape index (κ1) is 39.3. The number of hydrogen-bond acceptors (Lipinski definition) is 4. The lowest BCUT2D eigenvalue weighted by Crippen LogP contribution is -2.24. The molecule has 0 fully saturated rings. The van der Waals surface area contributed by atoms with Crippen molar-refractivity contribution in [3.05, 3.63) is 242 Å². The molecule has 2 heterocycles. The lowest BCUT2D eigenvalue weighted by atomic mass is 9.68. The first-order valence-electron chi connectivity index (χ1n) is 23.7. The van der Waals surface area contributed by atoms with Gasteiger partial charge in [0.05, 0.1) is 17.1 Å². The Morgan fingerprint density at radius 1 is 0.333 bits per heavy atom. The van der Waals surface area contributed by atoms with Crippen molar-refractivity contribution in [3.63, 3.8) is 0 Å². The van der Waals surface area contributed by atoms with Crippen molar-refractivity contribution in [2.45, 2.75) is 19.3 Å². The monoisotopic (exact) mass is 884 g/mol. The summed E-state index contributed by atoms with van der Waals surface area (Å²) < 4.78 is 13.4. The fraction of sp³-hybridized carbons (Fsp3) is 0.0462. The van der Waals surface area contributed by atoms with E-state index in [1.165, 1.54) is 43.8 Å². The Hall–Kier alpha value is -8.86. The van der Waals surface area contributed by atoms with Crippen molar-refractivity contribution in [1.82, 2.24) is 0 Å². The molecule has 0 radical (unpaired) electrons. The highest BCUT2D eigenvalue weighted by atomic mass is 16.3. The van der Waals surface area contributed by atoms with Gasteiger partial charge in [-0.25, -0.2) is 0 Å². The van der Waals surface area contributed by atoms with E-state index in [-0.39, 0.29) is 5.41 Å². The SMILES string of the molecule is CC1(C)c2cc(N(c3ccccc3)c3cccc4c3oc3ccccc34)ccc2-c2cc3ccc(N(c4ccccc4-c4ccccc4)c4cccc5c4oc4ccccc45)cc3c3cccc1c23. The molecule has 0 saturated heterocycles. The van der Waals surface area contributed by atoms with Gasteiger partial charge in [0.15, 0.2) is 11.2 Å². The van der Waals surface area contributed by atoms with E-state index in [0.717, 1.165) is 89.1 Å². The minimum Gasteiger partial charge on any atom is -0.454 e. The number of para-hydroxylation sites is 6. The van der Waals surface area contributed by atoms with E-state index < -0.39 is 0 Å². The molecule has 4 heteroatoms. The largest absolute Gasteiger partial charge is 0.454 e. The highest BCUT2D eigenvalue weighted by molar-refractivity contribution is 6.18. The zero-order valence-electron chi connectivity index (χ0n) is 38.2. The van der Waals surface area contributed by atoms with Gasteiger partial charge < -0.3 is 18.6 Å². The molecule has 0 saturated carbocycles. The Morgan fingerprint density at radius 3 is 1.61 bits per heavy atom. The van der Waals surface area contributed by atoms with Crippen LogP contribution < -0.4 is 9.80 Å². The molecule has 0 spiro atoms. The van der Waals surface area contributed by atoms with Crippen LogP contribution in [0, 0.1) is 0 Å². The van der Waals surface area contributed by atoms with E-state index in [4.69, 9.17) is 8.83 Å². The molecule has 326 valence electrons. The Balaban J connectivity index is 0.967. The highest BCUT2D eigenvalue weighted by Gasteiger charge is 2.35. The predicted octanol–water partition coefficient (Wildman–Crippen LogP) is 18.7. The zero-order chi connectivity index (χ0) is 45.8. The van der Waals surface area contributed by atoms with Gasteiger partial charge in [-0.3, -0.25) is 0 Å². The van der Waals surface area contributed by atoms with E-state index in [2.05, 4.69) is 242 Å². The maximum absolute atomic E-state index is 6.78. The third-order valence-corrected chi connectivity index (χ3v) is 14.6. The summed E-state index contributed by atoms with van der Waals surface area (Å²) >= 11 is 0. The van der Waals surface area contributed by atoms with Gasteiger partial charge in [0.25, 0.3) is 0 Å². The Kier molecular flexibility index (Phi) is 8.59. The van der Waals surface area contributed by atoms with E-state index in [9.17, 15) is 0 Å². The molecule has 4 nitrogen and oxygen atoms in total. The topological polar surface area (TPSA) is 32.8 Å². The summed E-state index contributed by atoms with van der Waals surface area (Å²) in [4.78, 5) is 4.75. The number of anilines is 6. The Labute approximate surface area is 399 Å². The molecule has 69 heavy (non-hydrogen) atoms. The van der Waals surface area contributed by atoms with E-state index in [1.807, 2.05) is 12.1 Å². The maximum Gasteiger partial charge on any atom is 0.159 e. The molecule has 1 aliphatic carbocycles. The van der Waals surface area contributed by atoms with Crippen molar-refractivity contribution in [2.75, 3.05) is 9.80 Å². The molecular formula is C65H44N2O2. The van der Waals surface area contributed by atoms with Gasteiger partial charge in [0.1, 0.15) is 11.2 Å². The van der Waals surface area contributed by atoms with Crippen LogP contribution in [0.3, 0.4) is 0 Å². The van der Waals surface area contributed by atoms with Crippen molar-refractivity contribution in [2.24, 2.45) is 0 Å². The molecule has 14 rings (SSSR count). The van der Waals surface area contributed by atoms with Crippen molar-refractivity contribution < 1.29 is 8.83 Å². The second-order valence-electron chi connectivity index (χ2n) is 18.8. The molecular weight excluding hydrogens is 841 g/mol. The Morgan fingerprint density at radius 2 is 0.884 bits per heavy atom. The number of hydrogen-bond donors (Lipinski definition) is 0. The van der Waals surface area contributed by atoms with Gasteiger partial charge in [-0.15, -0.1) is 0 Å². The quantitative estimate of drug-likeness (QED) is 0.149. The number of furan rings is 2. The van der Waals surface area contributed by atoms with Crippen LogP contribution >= 0.6 is 0 Å². The summed E-state index contributed by atoms with van der Waals surface area (Å²) in [6, 6.07) is 83.1. The van der Waals surface area contributed by atoms with Crippen LogP contribution in [0.4, 0.5) is 34.1 Å². The first-order chi connectivity index (χ1) is 34.0. The molecule has 11 aromatic carbocycles. The van der Waals surface area contributed by atoms with Crippen molar-refractivity contribution >= 4 is 99.5 Å². The molecule has 0 unspecified atom stereocenters. The van der Waals surface area contributed by atoms with Gasteiger partial charge in [-0.05, 0) is 122 Å². The van der Waals surface area contributed by atoms with Crippen LogP contribution in [0.2, 0.25) is 0 Å². The molecule has 0 N–H and O–H groups in total. The average Bonchev–Trinajstić information content (AvgIpc) is 3.99. The number of rotatable bonds is 7. The maximum atomic E-state index is 6.78. The fourth-order valence-corrected chi connectivity index (χ4v) is 11.4. The van der Waals surface area contributed by atoms with Gasteiger partial charge >= 0.3 is 0 Å². The minimum atomic E-state index is -0.325. The van der Waals surface area contributed by atoms with Crippen molar-refractivity contribution in [1.29, 1.82) is 0 Å². The summed E-state index contributed by atoms with van der Waals surface area (Å²) in [5.41, 5.74) is 16.8. The number of fused-ring (bicyclic) bond motifs is 10. The van der Waals surface area contributed by atoms with Crippen LogP contribution in [0.1, 0.15) is 25.0 Å². The predicted molar refractivity (Wildman–Crippen MR) is 288 cm³/mol. The number of benzene rings is 11. The second kappa shape index (κ2) is 15.1. The number of nitrogens with zero attached hydrogens (tertiary/aromatic N) is 2. The molecule has 0 amide bonds. The van der Waals surface area contributed by atoms with Gasteiger partial charge in [0.2, 0.25) is 0 Å². The fourth-order valence-electron chi connectivity index (χ4n) is 11.4. The minimum absolute atomic E-state index is 0.325. The van der Waals surface area contributed by atoms with E-state index in [0.29, 0.717) is 0 Å². The smallest absolute Gasteiger partial charge is 0.159 e. The van der Waals surface area contributed by atoms with Gasteiger partial charge in [0, 0.05) is 49.6 Å². The lowest BCUT2D eigenvalue weighted by molar-refractivity contribution is 0.645. The standard InChI is InChI=1S/C65H44N2O2/c1-65(2)55-28-15-25-50-53-39-44(67(57-29-12-9-22-46(57)41-18-5-3-6-19-41)59-31-17-27-52-49-24-11-14-33-61(49)69-64(52)59)35-34-42(53)38-54(62(50)55)47-37-36-45(40-56(47)65)66(43-20-7-4-8-21-43)58-30-16-26-51-48-23-10-13-32-60(48)68-63(51)58/h3-40H,1-2H3. The van der Waals surface area contributed by atoms with Crippen molar-refractivity contribution in [3.8, 4) is 22.3 Å². The normalized spacial score (nSPS) is 12.9. The summed E-state index contributed by atoms with van der Waals surface area (Å²) in [6.07, 6.45) is 0. The molecule has 0 aliphatic heterocycles. The Bertz CT molecular complexity index is 4180. The summed E-state index contributed by atoms with van der Waals surface area (Å²) in [5.74, 6) is 0. The third kappa shape index (κ3) is 5.95. The van der Waals surface area contributed by atoms with Crippen LogP contribution in [0.15, 0.2) is 239 Å². The lowest BCUT2D eigenvalue weighted by Gasteiger charge is -2.37. The van der Waals surface area contributed by atoms with Crippen LogP contribution in [-0.4, -0.2) is 0 Å². The third-order valence-electron chi connectivity index (χ3n) is 14.6. The second-order valence-corrected chi connectivity index (χ2v) is 18.8. The highest BCUT2D eigenvalue weighted by Crippen LogP contribution is 2.54. The van der Waals surface area contributed by atoms with E-state index in [1.54, 1.807) is 0 Å². The first-order valence-corrected chi connectivity index (χ1v) is 23.7. The van der Waals surface area contributed by atoms with Gasteiger partial charge in [-0.1, -0.05) is 172 Å². The molecule has 2 aromatic heterocycles. The van der Waals surface area contributed by atoms with Gasteiger partial charge in [-0.2, -0.15) is 0 Å². The molecule has 1 aliphatic rings.